The molecular weight excluding hydrogens is 332 g/mol. The molecule has 0 aliphatic heterocycles. The van der Waals surface area contributed by atoms with Crippen LogP contribution in [0.3, 0.4) is 0 Å². The fourth-order valence-electron chi connectivity index (χ4n) is 3.10. The van der Waals surface area contributed by atoms with Gasteiger partial charge in [0.05, 0.1) is 5.69 Å². The number of aryl methyl sites for hydroxylation is 3. The molecule has 0 aliphatic rings. The van der Waals surface area contributed by atoms with E-state index < -0.39 is 5.91 Å². The number of rotatable bonds is 5. The van der Waals surface area contributed by atoms with E-state index >= 15 is 0 Å². The number of amides is 1. The van der Waals surface area contributed by atoms with Gasteiger partial charge in [0.2, 0.25) is 5.56 Å². The average molecular weight is 358 g/mol. The maximum absolute atomic E-state index is 12.9. The van der Waals surface area contributed by atoms with Crippen LogP contribution in [-0.2, 0) is 0 Å². The first-order valence-corrected chi connectivity index (χ1v) is 8.50. The number of hydrogen-bond acceptors (Lipinski definition) is 4. The summed E-state index contributed by atoms with van der Waals surface area (Å²) < 4.78 is 1.58. The molecule has 1 atom stereocenters. The van der Waals surface area contributed by atoms with Crippen LogP contribution in [0.25, 0.3) is 0 Å². The Kier molecular flexibility index (Phi) is 5.82. The van der Waals surface area contributed by atoms with Gasteiger partial charge in [-0.1, -0.05) is 0 Å². The lowest BCUT2D eigenvalue weighted by Gasteiger charge is -2.21. The van der Waals surface area contributed by atoms with E-state index in [1.807, 2.05) is 25.9 Å². The van der Waals surface area contributed by atoms with E-state index in [1.54, 1.807) is 37.6 Å². The van der Waals surface area contributed by atoms with E-state index in [4.69, 9.17) is 0 Å². The number of pyridine rings is 2. The standard InChI is InChI=1S/C19H26N4O3/c1-11-7-8-23(13(3)10-22(5)6)19(26)16(11)18(25)21-17-12(2)9-15(24)20-14(17)4/h7-9,13H,10H2,1-6H3,(H,20,24)(H,21,25). The van der Waals surface area contributed by atoms with Gasteiger partial charge >= 0.3 is 0 Å². The summed E-state index contributed by atoms with van der Waals surface area (Å²) in [5.41, 5.74) is 1.90. The van der Waals surface area contributed by atoms with Crippen molar-refractivity contribution in [2.75, 3.05) is 26.0 Å². The second-order valence-electron chi connectivity index (χ2n) is 6.97. The third kappa shape index (κ3) is 4.11. The van der Waals surface area contributed by atoms with Crippen molar-refractivity contribution in [1.29, 1.82) is 0 Å². The summed E-state index contributed by atoms with van der Waals surface area (Å²) in [6, 6.07) is 3.12. The number of anilines is 1. The molecule has 0 saturated heterocycles. The molecule has 0 radical (unpaired) electrons. The molecule has 0 aromatic carbocycles. The lowest BCUT2D eigenvalue weighted by Crippen LogP contribution is -2.35. The molecular formula is C19H26N4O3. The van der Waals surface area contributed by atoms with E-state index in [0.717, 1.165) is 0 Å². The molecule has 140 valence electrons. The van der Waals surface area contributed by atoms with Gasteiger partial charge in [0.15, 0.2) is 0 Å². The molecule has 2 rings (SSSR count). The molecule has 0 aliphatic carbocycles. The number of H-pyrrole nitrogens is 1. The van der Waals surface area contributed by atoms with Crippen LogP contribution in [0.15, 0.2) is 27.9 Å². The Morgan fingerprint density at radius 1 is 1.23 bits per heavy atom. The zero-order valence-electron chi connectivity index (χ0n) is 16.1. The normalized spacial score (nSPS) is 12.3. The van der Waals surface area contributed by atoms with Gasteiger partial charge in [0, 0.05) is 30.5 Å². The number of nitrogens with one attached hydrogen (secondary N) is 2. The first kappa shape index (κ1) is 19.7. The predicted molar refractivity (Wildman–Crippen MR) is 103 cm³/mol. The third-order valence-corrected chi connectivity index (χ3v) is 4.33. The topological polar surface area (TPSA) is 87.2 Å². The van der Waals surface area contributed by atoms with Crippen molar-refractivity contribution >= 4 is 11.6 Å². The highest BCUT2D eigenvalue weighted by Crippen LogP contribution is 2.17. The van der Waals surface area contributed by atoms with Gasteiger partial charge in [-0.3, -0.25) is 14.4 Å². The van der Waals surface area contributed by atoms with Crippen LogP contribution in [-0.4, -0.2) is 41.0 Å². The minimum absolute atomic E-state index is 0.0683. The van der Waals surface area contributed by atoms with Crippen molar-refractivity contribution in [3.63, 3.8) is 0 Å². The molecule has 0 saturated carbocycles. The van der Waals surface area contributed by atoms with Crippen molar-refractivity contribution in [2.45, 2.75) is 33.7 Å². The Labute approximate surface area is 152 Å². The lowest BCUT2D eigenvalue weighted by atomic mass is 10.1. The van der Waals surface area contributed by atoms with E-state index in [9.17, 15) is 14.4 Å². The zero-order chi connectivity index (χ0) is 19.6. The first-order valence-electron chi connectivity index (χ1n) is 8.50. The van der Waals surface area contributed by atoms with Crippen molar-refractivity contribution < 1.29 is 4.79 Å². The van der Waals surface area contributed by atoms with Crippen molar-refractivity contribution in [3.05, 3.63) is 61.4 Å². The molecule has 2 heterocycles. The summed E-state index contributed by atoms with van der Waals surface area (Å²) in [4.78, 5) is 41.9. The van der Waals surface area contributed by atoms with E-state index in [2.05, 4.69) is 10.3 Å². The number of hydrogen-bond donors (Lipinski definition) is 2. The average Bonchev–Trinajstić information content (AvgIpc) is 2.50. The summed E-state index contributed by atoms with van der Waals surface area (Å²) in [5.74, 6) is -0.475. The molecule has 0 spiro atoms. The highest BCUT2D eigenvalue weighted by molar-refractivity contribution is 6.05. The van der Waals surface area contributed by atoms with E-state index in [-0.39, 0.29) is 22.7 Å². The van der Waals surface area contributed by atoms with Crippen LogP contribution in [0.1, 0.15) is 40.1 Å². The highest BCUT2D eigenvalue weighted by atomic mass is 16.2. The van der Waals surface area contributed by atoms with Crippen LogP contribution in [0.5, 0.6) is 0 Å². The van der Waals surface area contributed by atoms with E-state index in [0.29, 0.717) is 29.1 Å². The van der Waals surface area contributed by atoms with Gasteiger partial charge in [-0.05, 0) is 59.0 Å². The fourth-order valence-corrected chi connectivity index (χ4v) is 3.10. The summed E-state index contributed by atoms with van der Waals surface area (Å²) in [7, 11) is 3.87. The molecule has 0 bridgehead atoms. The quantitative estimate of drug-likeness (QED) is 0.854. The smallest absolute Gasteiger partial charge is 0.263 e. The monoisotopic (exact) mass is 358 g/mol. The number of carbonyl (C=O) groups excluding carboxylic acids is 1. The molecule has 7 heteroatoms. The second kappa shape index (κ2) is 7.70. The number of aromatic amines is 1. The van der Waals surface area contributed by atoms with Crippen LogP contribution in [0, 0.1) is 20.8 Å². The van der Waals surface area contributed by atoms with E-state index in [1.165, 1.54) is 6.07 Å². The number of likely N-dealkylation sites (N-methyl/N-ethyl adjacent to an activating group) is 1. The fraction of sp³-hybridized carbons (Fsp3) is 0.421. The third-order valence-electron chi connectivity index (χ3n) is 4.33. The Morgan fingerprint density at radius 3 is 2.46 bits per heavy atom. The van der Waals surface area contributed by atoms with Crippen molar-refractivity contribution in [1.82, 2.24) is 14.5 Å². The van der Waals surface area contributed by atoms with Crippen LogP contribution in [0.2, 0.25) is 0 Å². The minimum atomic E-state index is -0.475. The van der Waals surface area contributed by atoms with Crippen molar-refractivity contribution in [2.24, 2.45) is 0 Å². The Morgan fingerprint density at radius 2 is 1.88 bits per heavy atom. The zero-order valence-corrected chi connectivity index (χ0v) is 16.1. The van der Waals surface area contributed by atoms with Gasteiger partial charge in [0.25, 0.3) is 11.5 Å². The van der Waals surface area contributed by atoms with Gasteiger partial charge in [-0.25, -0.2) is 0 Å². The van der Waals surface area contributed by atoms with Crippen LogP contribution >= 0.6 is 0 Å². The Bertz CT molecular complexity index is 915. The summed E-state index contributed by atoms with van der Waals surface area (Å²) in [6.07, 6.45) is 1.72. The summed E-state index contributed by atoms with van der Waals surface area (Å²) in [5, 5.41) is 2.78. The van der Waals surface area contributed by atoms with Crippen molar-refractivity contribution in [3.8, 4) is 0 Å². The van der Waals surface area contributed by atoms with Gasteiger partial charge in [-0.15, -0.1) is 0 Å². The number of nitrogens with zero attached hydrogens (tertiary/aromatic N) is 2. The molecule has 2 aromatic heterocycles. The molecule has 2 aromatic rings. The molecule has 1 unspecified atom stereocenters. The maximum atomic E-state index is 12.9. The Hall–Kier alpha value is -2.67. The second-order valence-corrected chi connectivity index (χ2v) is 6.97. The summed E-state index contributed by atoms with van der Waals surface area (Å²) >= 11 is 0. The maximum Gasteiger partial charge on any atom is 0.263 e. The SMILES string of the molecule is Cc1cc(=O)[nH]c(C)c1NC(=O)c1c(C)ccn(C(C)CN(C)C)c1=O. The van der Waals surface area contributed by atoms with Crippen LogP contribution < -0.4 is 16.4 Å². The number of carbonyl (C=O) groups is 1. The highest BCUT2D eigenvalue weighted by Gasteiger charge is 2.19. The largest absolute Gasteiger partial charge is 0.324 e. The Balaban J connectivity index is 2.44. The number of aromatic nitrogens is 2. The summed E-state index contributed by atoms with van der Waals surface area (Å²) in [6.45, 7) is 7.81. The first-order chi connectivity index (χ1) is 12.1. The molecule has 1 amide bonds. The molecule has 26 heavy (non-hydrogen) atoms. The van der Waals surface area contributed by atoms with Gasteiger partial charge in [-0.2, -0.15) is 0 Å². The van der Waals surface area contributed by atoms with Gasteiger partial charge in [0.1, 0.15) is 5.56 Å². The predicted octanol–water partition coefficient (Wildman–Crippen LogP) is 1.84. The molecule has 0 fully saturated rings. The van der Waals surface area contributed by atoms with Crippen LogP contribution in [0.4, 0.5) is 5.69 Å². The lowest BCUT2D eigenvalue weighted by molar-refractivity contribution is 0.102. The molecule has 7 nitrogen and oxygen atoms in total. The minimum Gasteiger partial charge on any atom is -0.324 e. The van der Waals surface area contributed by atoms with Gasteiger partial charge < -0.3 is 19.8 Å². The molecule has 2 N–H and O–H groups in total.